The maximum atomic E-state index is 12.8. The second kappa shape index (κ2) is 3.12. The maximum Gasteiger partial charge on any atom is 0.138 e. The Hall–Kier alpha value is -0.410. The molecule has 1 heterocycles. The van der Waals surface area contributed by atoms with E-state index >= 15 is 0 Å². The zero-order chi connectivity index (χ0) is 7.56. The Morgan fingerprint density at radius 1 is 1.70 bits per heavy atom. The lowest BCUT2D eigenvalue weighted by Gasteiger charge is -2.02. The number of aryl methyl sites for hydroxylation is 1. The van der Waals surface area contributed by atoms with Crippen LogP contribution >= 0.6 is 11.3 Å². The van der Waals surface area contributed by atoms with Gasteiger partial charge in [0.05, 0.1) is 0 Å². The van der Waals surface area contributed by atoms with Crippen molar-refractivity contribution in [1.29, 1.82) is 0 Å². The van der Waals surface area contributed by atoms with Gasteiger partial charge in [0.15, 0.2) is 0 Å². The monoisotopic (exact) mass is 159 g/mol. The summed E-state index contributed by atoms with van der Waals surface area (Å²) in [5.74, 6) is 0. The molecule has 0 spiro atoms. The van der Waals surface area contributed by atoms with Crippen molar-refractivity contribution in [3.8, 4) is 0 Å². The van der Waals surface area contributed by atoms with Gasteiger partial charge in [-0.3, -0.25) is 0 Å². The second-order valence-corrected chi connectivity index (χ2v) is 2.96. The third kappa shape index (κ3) is 1.36. The fourth-order valence-electron chi connectivity index (χ4n) is 0.818. The molecule has 1 atom stereocenters. The Labute approximate surface area is 63.7 Å². The van der Waals surface area contributed by atoms with Crippen LogP contribution in [0.2, 0.25) is 0 Å². The van der Waals surface area contributed by atoms with E-state index in [-0.39, 0.29) is 6.54 Å². The molecule has 0 bridgehead atoms. The van der Waals surface area contributed by atoms with Gasteiger partial charge in [-0.05, 0) is 23.2 Å². The molecule has 2 N–H and O–H groups in total. The van der Waals surface area contributed by atoms with Gasteiger partial charge in [-0.15, -0.1) is 0 Å². The molecule has 0 aromatic carbocycles. The van der Waals surface area contributed by atoms with Gasteiger partial charge < -0.3 is 5.73 Å². The summed E-state index contributed by atoms with van der Waals surface area (Å²) < 4.78 is 12.8. The minimum atomic E-state index is -0.980. The van der Waals surface area contributed by atoms with Crippen LogP contribution in [0.15, 0.2) is 10.8 Å². The van der Waals surface area contributed by atoms with Gasteiger partial charge in [-0.25, -0.2) is 4.39 Å². The minimum absolute atomic E-state index is 0.0809. The molecule has 1 rings (SSSR count). The lowest BCUT2D eigenvalue weighted by atomic mass is 10.1. The molecule has 0 saturated carbocycles. The molecule has 0 amide bonds. The van der Waals surface area contributed by atoms with Crippen molar-refractivity contribution in [3.05, 3.63) is 21.9 Å². The maximum absolute atomic E-state index is 12.8. The molecule has 0 saturated heterocycles. The van der Waals surface area contributed by atoms with Crippen molar-refractivity contribution in [2.45, 2.75) is 13.1 Å². The molecule has 0 aliphatic heterocycles. The first-order valence-electron chi connectivity index (χ1n) is 3.12. The predicted octanol–water partition coefficient (Wildman–Crippen LogP) is 2.03. The van der Waals surface area contributed by atoms with Crippen LogP contribution in [0.1, 0.15) is 17.3 Å². The zero-order valence-corrected chi connectivity index (χ0v) is 6.62. The van der Waals surface area contributed by atoms with Crippen LogP contribution in [0.5, 0.6) is 0 Å². The Kier molecular flexibility index (Phi) is 2.40. The van der Waals surface area contributed by atoms with E-state index in [1.54, 1.807) is 0 Å². The first-order chi connectivity index (χ1) is 4.75. The SMILES string of the molecule is Cc1cscc1C(F)CN. The highest BCUT2D eigenvalue weighted by molar-refractivity contribution is 7.08. The number of alkyl halides is 1. The van der Waals surface area contributed by atoms with Crippen LogP contribution in [-0.4, -0.2) is 6.54 Å². The molecule has 1 unspecified atom stereocenters. The van der Waals surface area contributed by atoms with Crippen LogP contribution in [0.4, 0.5) is 4.39 Å². The van der Waals surface area contributed by atoms with Gasteiger partial charge in [0.25, 0.3) is 0 Å². The van der Waals surface area contributed by atoms with Crippen LogP contribution in [-0.2, 0) is 0 Å². The second-order valence-electron chi connectivity index (χ2n) is 2.21. The first kappa shape index (κ1) is 7.69. The van der Waals surface area contributed by atoms with E-state index in [0.29, 0.717) is 0 Å². The summed E-state index contributed by atoms with van der Waals surface area (Å²) in [6.07, 6.45) is -0.980. The molecular weight excluding hydrogens is 149 g/mol. The minimum Gasteiger partial charge on any atom is -0.327 e. The largest absolute Gasteiger partial charge is 0.327 e. The standard InChI is InChI=1S/C7H10FNS/c1-5-3-10-4-6(5)7(8)2-9/h3-4,7H,2,9H2,1H3. The van der Waals surface area contributed by atoms with E-state index in [4.69, 9.17) is 5.73 Å². The van der Waals surface area contributed by atoms with Crippen molar-refractivity contribution in [2.24, 2.45) is 5.73 Å². The van der Waals surface area contributed by atoms with Gasteiger partial charge in [0.1, 0.15) is 6.17 Å². The van der Waals surface area contributed by atoms with Crippen molar-refractivity contribution in [3.63, 3.8) is 0 Å². The highest BCUT2D eigenvalue weighted by atomic mass is 32.1. The Balaban J connectivity index is 2.82. The number of halogens is 1. The Bertz CT molecular complexity index is 209. The molecular formula is C7H10FNS. The van der Waals surface area contributed by atoms with Gasteiger partial charge in [-0.1, -0.05) is 0 Å². The van der Waals surface area contributed by atoms with Crippen LogP contribution in [0.25, 0.3) is 0 Å². The van der Waals surface area contributed by atoms with E-state index in [1.165, 1.54) is 11.3 Å². The third-order valence-corrected chi connectivity index (χ3v) is 2.32. The Morgan fingerprint density at radius 2 is 2.40 bits per heavy atom. The molecule has 1 nitrogen and oxygen atoms in total. The number of nitrogens with two attached hydrogens (primary N) is 1. The summed E-state index contributed by atoms with van der Waals surface area (Å²) in [6.45, 7) is 1.98. The fourth-order valence-corrected chi connectivity index (χ4v) is 1.71. The highest BCUT2D eigenvalue weighted by Gasteiger charge is 2.09. The smallest absolute Gasteiger partial charge is 0.138 e. The summed E-state index contributed by atoms with van der Waals surface area (Å²) in [5.41, 5.74) is 6.91. The van der Waals surface area contributed by atoms with E-state index in [9.17, 15) is 4.39 Å². The average molecular weight is 159 g/mol. The van der Waals surface area contributed by atoms with E-state index < -0.39 is 6.17 Å². The molecule has 3 heteroatoms. The van der Waals surface area contributed by atoms with Crippen LogP contribution in [0.3, 0.4) is 0 Å². The number of rotatable bonds is 2. The molecule has 1 aromatic heterocycles. The summed E-state index contributed by atoms with van der Waals surface area (Å²) in [6, 6.07) is 0. The van der Waals surface area contributed by atoms with Crippen molar-refractivity contribution in [1.82, 2.24) is 0 Å². The molecule has 0 fully saturated rings. The topological polar surface area (TPSA) is 26.0 Å². The number of thiophene rings is 1. The average Bonchev–Trinajstić information content (AvgIpc) is 2.34. The predicted molar refractivity (Wildman–Crippen MR) is 42.0 cm³/mol. The van der Waals surface area contributed by atoms with Gasteiger partial charge >= 0.3 is 0 Å². The number of hydrogen-bond acceptors (Lipinski definition) is 2. The van der Waals surface area contributed by atoms with Gasteiger partial charge in [0, 0.05) is 12.1 Å². The van der Waals surface area contributed by atoms with E-state index in [1.807, 2.05) is 17.7 Å². The molecule has 1 aromatic rings. The highest BCUT2D eigenvalue weighted by Crippen LogP contribution is 2.23. The fraction of sp³-hybridized carbons (Fsp3) is 0.429. The lowest BCUT2D eigenvalue weighted by molar-refractivity contribution is 0.352. The quantitative estimate of drug-likeness (QED) is 0.702. The Morgan fingerprint density at radius 3 is 2.80 bits per heavy atom. The normalized spacial score (nSPS) is 13.5. The van der Waals surface area contributed by atoms with Crippen molar-refractivity contribution in [2.75, 3.05) is 6.54 Å². The summed E-state index contributed by atoms with van der Waals surface area (Å²) in [5, 5.41) is 3.74. The van der Waals surface area contributed by atoms with E-state index in [2.05, 4.69) is 0 Å². The summed E-state index contributed by atoms with van der Waals surface area (Å²) in [4.78, 5) is 0. The summed E-state index contributed by atoms with van der Waals surface area (Å²) >= 11 is 1.51. The molecule has 56 valence electrons. The molecule has 0 aliphatic rings. The zero-order valence-electron chi connectivity index (χ0n) is 5.80. The van der Waals surface area contributed by atoms with Crippen LogP contribution in [0, 0.1) is 6.92 Å². The van der Waals surface area contributed by atoms with Crippen LogP contribution < -0.4 is 5.73 Å². The molecule has 0 radical (unpaired) electrons. The first-order valence-corrected chi connectivity index (χ1v) is 4.06. The summed E-state index contributed by atoms with van der Waals surface area (Å²) in [7, 11) is 0. The molecule has 0 aliphatic carbocycles. The van der Waals surface area contributed by atoms with Crippen molar-refractivity contribution >= 4 is 11.3 Å². The van der Waals surface area contributed by atoms with E-state index in [0.717, 1.165) is 11.1 Å². The number of hydrogen-bond donors (Lipinski definition) is 1. The molecule has 10 heavy (non-hydrogen) atoms. The van der Waals surface area contributed by atoms with Crippen molar-refractivity contribution < 1.29 is 4.39 Å². The van der Waals surface area contributed by atoms with Gasteiger partial charge in [-0.2, -0.15) is 11.3 Å². The third-order valence-electron chi connectivity index (χ3n) is 1.44. The van der Waals surface area contributed by atoms with Gasteiger partial charge in [0.2, 0.25) is 0 Å². The lowest BCUT2D eigenvalue weighted by Crippen LogP contribution is -2.07.